The van der Waals surface area contributed by atoms with Gasteiger partial charge in [-0.05, 0) is 30.7 Å². The van der Waals surface area contributed by atoms with Gasteiger partial charge in [0.05, 0.1) is 4.90 Å². The van der Waals surface area contributed by atoms with Crippen molar-refractivity contribution >= 4 is 43.8 Å². The Morgan fingerprint density at radius 1 is 1.13 bits per heavy atom. The maximum atomic E-state index is 12.5. The van der Waals surface area contributed by atoms with Crippen LogP contribution in [0.3, 0.4) is 0 Å². The first-order valence-corrected chi connectivity index (χ1v) is 12.1. The summed E-state index contributed by atoms with van der Waals surface area (Å²) in [5.41, 5.74) is 1.89. The van der Waals surface area contributed by atoms with E-state index in [1.54, 1.807) is 23.1 Å². The summed E-state index contributed by atoms with van der Waals surface area (Å²) in [4.78, 5) is 26.6. The van der Waals surface area contributed by atoms with E-state index >= 15 is 0 Å². The third-order valence-corrected chi connectivity index (χ3v) is 7.62. The van der Waals surface area contributed by atoms with E-state index in [2.05, 4.69) is 15.5 Å². The normalized spacial score (nSPS) is 16.5. The summed E-state index contributed by atoms with van der Waals surface area (Å²) in [6.07, 6.45) is 0.305. The summed E-state index contributed by atoms with van der Waals surface area (Å²) in [6.45, 7) is 2.44. The van der Waals surface area contributed by atoms with E-state index in [1.165, 1.54) is 12.1 Å². The smallest absolute Gasteiger partial charge is 0.241 e. The molecule has 160 valence electrons. The number of hydrogen-bond donors (Lipinski definition) is 1. The Hall–Kier alpha value is -3.11. The standard InChI is InChI=1S/C21H20N4O4S2/c1-14-7-5-6-10-17(14)25-12-15(11-19(25)27)20-23-24-21(30-20)22-18(26)13-31(28,29)16-8-3-2-4-9-16/h2-10,15H,11-13H2,1H3,(H,22,24,26). The molecule has 2 aromatic carbocycles. The number of sulfone groups is 1. The molecule has 31 heavy (non-hydrogen) atoms. The second kappa shape index (κ2) is 8.56. The number of rotatable bonds is 6. The van der Waals surface area contributed by atoms with Crippen LogP contribution in [0, 0.1) is 6.92 Å². The number of para-hydroxylation sites is 1. The zero-order valence-electron chi connectivity index (χ0n) is 16.7. The minimum atomic E-state index is -3.74. The van der Waals surface area contributed by atoms with Gasteiger partial charge < -0.3 is 4.90 Å². The topological polar surface area (TPSA) is 109 Å². The number of aryl methyl sites for hydroxylation is 1. The van der Waals surface area contributed by atoms with Crippen LogP contribution in [0.1, 0.15) is 22.9 Å². The number of anilines is 2. The molecule has 4 rings (SSSR count). The number of benzene rings is 2. The van der Waals surface area contributed by atoms with Crippen LogP contribution in [0.4, 0.5) is 10.8 Å². The Morgan fingerprint density at radius 3 is 2.58 bits per heavy atom. The predicted molar refractivity (Wildman–Crippen MR) is 118 cm³/mol. The number of aromatic nitrogens is 2. The summed E-state index contributed by atoms with van der Waals surface area (Å²) < 4.78 is 24.7. The summed E-state index contributed by atoms with van der Waals surface area (Å²) in [7, 11) is -3.74. The van der Waals surface area contributed by atoms with Gasteiger partial charge in [-0.1, -0.05) is 47.7 Å². The molecule has 1 aliphatic rings. The zero-order valence-corrected chi connectivity index (χ0v) is 18.3. The molecule has 8 nitrogen and oxygen atoms in total. The highest BCUT2D eigenvalue weighted by Gasteiger charge is 2.34. The number of carbonyl (C=O) groups excluding carboxylic acids is 2. The molecule has 10 heteroatoms. The van der Waals surface area contributed by atoms with Crippen molar-refractivity contribution in [2.75, 3.05) is 22.5 Å². The molecule has 0 bridgehead atoms. The third-order valence-electron chi connectivity index (χ3n) is 4.99. The van der Waals surface area contributed by atoms with Crippen molar-refractivity contribution in [2.24, 2.45) is 0 Å². The van der Waals surface area contributed by atoms with Crippen molar-refractivity contribution in [1.29, 1.82) is 0 Å². The highest BCUT2D eigenvalue weighted by Crippen LogP contribution is 2.35. The molecule has 2 heterocycles. The van der Waals surface area contributed by atoms with Crippen LogP contribution < -0.4 is 10.2 Å². The zero-order chi connectivity index (χ0) is 22.0. The lowest BCUT2D eigenvalue weighted by molar-refractivity contribution is -0.117. The molecule has 1 aliphatic heterocycles. The molecule has 1 fully saturated rings. The maximum absolute atomic E-state index is 12.5. The number of hydrogen-bond acceptors (Lipinski definition) is 7. The van der Waals surface area contributed by atoms with Crippen LogP contribution in [0.25, 0.3) is 0 Å². The first-order valence-electron chi connectivity index (χ1n) is 9.60. The molecule has 0 saturated carbocycles. The Bertz CT molecular complexity index is 1220. The van der Waals surface area contributed by atoms with E-state index < -0.39 is 21.5 Å². The fourth-order valence-electron chi connectivity index (χ4n) is 3.46. The van der Waals surface area contributed by atoms with Gasteiger partial charge in [0, 0.05) is 24.6 Å². The van der Waals surface area contributed by atoms with Crippen LogP contribution in [0.15, 0.2) is 59.5 Å². The molecule has 1 aromatic heterocycles. The molecule has 3 aromatic rings. The molecule has 1 saturated heterocycles. The van der Waals surface area contributed by atoms with Gasteiger partial charge in [-0.15, -0.1) is 10.2 Å². The molecule has 0 radical (unpaired) electrons. The van der Waals surface area contributed by atoms with Gasteiger partial charge in [0.1, 0.15) is 10.8 Å². The number of amides is 2. The number of carbonyl (C=O) groups is 2. The van der Waals surface area contributed by atoms with Crippen LogP contribution in [0.2, 0.25) is 0 Å². The summed E-state index contributed by atoms with van der Waals surface area (Å²) in [5, 5.41) is 11.4. The van der Waals surface area contributed by atoms with Gasteiger partial charge in [-0.25, -0.2) is 8.42 Å². The molecule has 0 aliphatic carbocycles. The van der Waals surface area contributed by atoms with Crippen molar-refractivity contribution < 1.29 is 18.0 Å². The van der Waals surface area contributed by atoms with Crippen molar-refractivity contribution in [1.82, 2.24) is 10.2 Å². The van der Waals surface area contributed by atoms with Crippen LogP contribution in [0.5, 0.6) is 0 Å². The molecule has 1 N–H and O–H groups in total. The van der Waals surface area contributed by atoms with Gasteiger partial charge in [0.2, 0.25) is 16.9 Å². The number of nitrogens with zero attached hydrogens (tertiary/aromatic N) is 3. The summed E-state index contributed by atoms with van der Waals surface area (Å²) in [5.74, 6) is -1.50. The molecular formula is C21H20N4O4S2. The Kier molecular flexibility index (Phi) is 5.84. The van der Waals surface area contributed by atoms with Gasteiger partial charge in [0.25, 0.3) is 0 Å². The lowest BCUT2D eigenvalue weighted by atomic mass is 10.1. The van der Waals surface area contributed by atoms with Gasteiger partial charge in [-0.2, -0.15) is 0 Å². The second-order valence-electron chi connectivity index (χ2n) is 7.26. The summed E-state index contributed by atoms with van der Waals surface area (Å²) in [6, 6.07) is 15.5. The van der Waals surface area contributed by atoms with E-state index in [-0.39, 0.29) is 21.9 Å². The lowest BCUT2D eigenvalue weighted by Gasteiger charge is -2.18. The Balaban J connectivity index is 1.41. The minimum Gasteiger partial charge on any atom is -0.311 e. The third kappa shape index (κ3) is 4.64. The SMILES string of the molecule is Cc1ccccc1N1CC(c2nnc(NC(=O)CS(=O)(=O)c3ccccc3)s2)CC1=O. The second-order valence-corrected chi connectivity index (χ2v) is 10.3. The molecule has 0 spiro atoms. The van der Waals surface area contributed by atoms with Crippen LogP contribution >= 0.6 is 11.3 Å². The highest BCUT2D eigenvalue weighted by atomic mass is 32.2. The van der Waals surface area contributed by atoms with Crippen molar-refractivity contribution in [3.05, 3.63) is 65.2 Å². The average Bonchev–Trinajstić information content (AvgIpc) is 3.35. The van der Waals surface area contributed by atoms with E-state index in [9.17, 15) is 18.0 Å². The molecule has 2 amide bonds. The van der Waals surface area contributed by atoms with Gasteiger partial charge >= 0.3 is 0 Å². The van der Waals surface area contributed by atoms with E-state index in [0.717, 1.165) is 22.6 Å². The van der Waals surface area contributed by atoms with E-state index in [0.29, 0.717) is 18.0 Å². The van der Waals surface area contributed by atoms with Crippen molar-refractivity contribution in [2.45, 2.75) is 24.2 Å². The first-order chi connectivity index (χ1) is 14.8. The molecular weight excluding hydrogens is 436 g/mol. The quantitative estimate of drug-likeness (QED) is 0.611. The van der Waals surface area contributed by atoms with Gasteiger partial charge in [0.15, 0.2) is 9.84 Å². The van der Waals surface area contributed by atoms with E-state index in [1.807, 2.05) is 31.2 Å². The molecule has 1 unspecified atom stereocenters. The van der Waals surface area contributed by atoms with Crippen molar-refractivity contribution in [3.8, 4) is 0 Å². The predicted octanol–water partition coefficient (Wildman–Crippen LogP) is 2.78. The first kappa shape index (κ1) is 21.1. The number of nitrogens with one attached hydrogen (secondary N) is 1. The fraction of sp³-hybridized carbons (Fsp3) is 0.238. The molecule has 1 atom stereocenters. The fourth-order valence-corrected chi connectivity index (χ4v) is 5.47. The van der Waals surface area contributed by atoms with Crippen LogP contribution in [-0.4, -0.2) is 42.7 Å². The van der Waals surface area contributed by atoms with Crippen LogP contribution in [-0.2, 0) is 19.4 Å². The average molecular weight is 457 g/mol. The largest absolute Gasteiger partial charge is 0.311 e. The van der Waals surface area contributed by atoms with E-state index in [4.69, 9.17) is 0 Å². The Labute approximate surface area is 183 Å². The van der Waals surface area contributed by atoms with Gasteiger partial charge in [-0.3, -0.25) is 14.9 Å². The Morgan fingerprint density at radius 2 is 1.84 bits per heavy atom. The highest BCUT2D eigenvalue weighted by molar-refractivity contribution is 7.92. The lowest BCUT2D eigenvalue weighted by Crippen LogP contribution is -2.25. The monoisotopic (exact) mass is 456 g/mol. The minimum absolute atomic E-state index is 0.00837. The maximum Gasteiger partial charge on any atom is 0.241 e. The van der Waals surface area contributed by atoms with Crippen molar-refractivity contribution in [3.63, 3.8) is 0 Å². The summed E-state index contributed by atoms with van der Waals surface area (Å²) >= 11 is 1.16.